The molecule has 1 saturated heterocycles. The van der Waals surface area contributed by atoms with Crippen LogP contribution in [0.3, 0.4) is 0 Å². The van der Waals surface area contributed by atoms with Crippen LogP contribution in [0.2, 0.25) is 0 Å². The molecule has 8 nitrogen and oxygen atoms in total. The summed E-state index contributed by atoms with van der Waals surface area (Å²) in [5.74, 6) is -0.346. The highest BCUT2D eigenvalue weighted by Gasteiger charge is 2.28. The number of nitrogens with one attached hydrogen (secondary N) is 3. The fraction of sp³-hybridized carbons (Fsp3) is 0.571. The summed E-state index contributed by atoms with van der Waals surface area (Å²) in [4.78, 5) is 39.2. The van der Waals surface area contributed by atoms with Gasteiger partial charge >= 0.3 is 6.03 Å². The van der Waals surface area contributed by atoms with Crippen molar-refractivity contribution in [2.75, 3.05) is 32.8 Å². The number of benzene rings is 1. The minimum atomic E-state index is -0.745. The monoisotopic (exact) mass is 404 g/mol. The van der Waals surface area contributed by atoms with Crippen LogP contribution < -0.4 is 16.0 Å². The molecule has 8 heteroatoms. The van der Waals surface area contributed by atoms with E-state index in [1.807, 2.05) is 51.1 Å². The number of nitrogens with zero attached hydrogens (tertiary/aromatic N) is 1. The van der Waals surface area contributed by atoms with E-state index in [1.54, 1.807) is 4.90 Å². The lowest BCUT2D eigenvalue weighted by Crippen LogP contribution is -2.56. The van der Waals surface area contributed by atoms with Gasteiger partial charge in [-0.05, 0) is 26.3 Å². The molecule has 1 fully saturated rings. The molecular formula is C21H32N4O4. The fourth-order valence-corrected chi connectivity index (χ4v) is 3.00. The Morgan fingerprint density at radius 1 is 1.17 bits per heavy atom. The quantitative estimate of drug-likeness (QED) is 0.699. The second-order valence-corrected chi connectivity index (χ2v) is 8.13. The predicted octanol–water partition coefficient (Wildman–Crippen LogP) is 1.06. The highest BCUT2D eigenvalue weighted by molar-refractivity contribution is 5.88. The molecule has 1 aromatic carbocycles. The normalized spacial score (nSPS) is 17.1. The number of hydrogen-bond donors (Lipinski definition) is 3. The van der Waals surface area contributed by atoms with Crippen molar-refractivity contribution in [2.45, 2.75) is 45.2 Å². The predicted molar refractivity (Wildman–Crippen MR) is 110 cm³/mol. The molecule has 29 heavy (non-hydrogen) atoms. The summed E-state index contributed by atoms with van der Waals surface area (Å²) in [5, 5.41) is 8.40. The standard InChI is InChI=1S/C21H32N4O4/c1-21(2,3)24-20(28)23-17(15-16-7-5-4-6-8-16)19(27)25-11-9-18(26)22-10-13-29-14-12-25/h4-8,17H,9-15H2,1-3H3,(H,22,26)(H2,23,24,28). The molecule has 1 unspecified atom stereocenters. The van der Waals surface area contributed by atoms with Crippen LogP contribution in [0.4, 0.5) is 4.79 Å². The molecule has 0 radical (unpaired) electrons. The van der Waals surface area contributed by atoms with Gasteiger partial charge < -0.3 is 25.6 Å². The van der Waals surface area contributed by atoms with E-state index in [1.165, 1.54) is 0 Å². The number of ether oxygens (including phenoxy) is 1. The van der Waals surface area contributed by atoms with Gasteiger partial charge in [-0.15, -0.1) is 0 Å². The van der Waals surface area contributed by atoms with Crippen molar-refractivity contribution in [1.82, 2.24) is 20.9 Å². The Bertz CT molecular complexity index is 688. The summed E-state index contributed by atoms with van der Waals surface area (Å²) in [6.45, 7) is 7.55. The average Bonchev–Trinajstić information content (AvgIpc) is 2.65. The smallest absolute Gasteiger partial charge is 0.315 e. The Morgan fingerprint density at radius 2 is 1.90 bits per heavy atom. The van der Waals surface area contributed by atoms with Gasteiger partial charge in [-0.25, -0.2) is 4.79 Å². The Kier molecular flexibility index (Phi) is 8.45. The molecule has 0 aliphatic carbocycles. The molecule has 2 rings (SSSR count). The maximum absolute atomic E-state index is 13.3. The van der Waals surface area contributed by atoms with Crippen molar-refractivity contribution in [3.05, 3.63) is 35.9 Å². The number of amides is 4. The zero-order chi connectivity index (χ0) is 21.3. The van der Waals surface area contributed by atoms with Gasteiger partial charge in [0.05, 0.1) is 13.2 Å². The minimum Gasteiger partial charge on any atom is -0.378 e. The third kappa shape index (κ3) is 8.51. The van der Waals surface area contributed by atoms with Crippen molar-refractivity contribution in [3.63, 3.8) is 0 Å². The van der Waals surface area contributed by atoms with Crippen molar-refractivity contribution in [1.29, 1.82) is 0 Å². The van der Waals surface area contributed by atoms with Gasteiger partial charge in [-0.3, -0.25) is 9.59 Å². The van der Waals surface area contributed by atoms with Crippen LogP contribution in [-0.2, 0) is 20.7 Å². The Morgan fingerprint density at radius 3 is 2.59 bits per heavy atom. The average molecular weight is 405 g/mol. The largest absolute Gasteiger partial charge is 0.378 e. The van der Waals surface area contributed by atoms with E-state index >= 15 is 0 Å². The topological polar surface area (TPSA) is 99.8 Å². The first-order valence-electron chi connectivity index (χ1n) is 10.0. The number of rotatable bonds is 4. The molecule has 1 atom stereocenters. The Hall–Kier alpha value is -2.61. The lowest BCUT2D eigenvalue weighted by atomic mass is 10.0. The van der Waals surface area contributed by atoms with Crippen LogP contribution in [0.5, 0.6) is 0 Å². The van der Waals surface area contributed by atoms with Gasteiger partial charge in [-0.2, -0.15) is 0 Å². The SMILES string of the molecule is CC(C)(C)NC(=O)NC(Cc1ccccc1)C(=O)N1CCOCCNC(=O)CC1. The fourth-order valence-electron chi connectivity index (χ4n) is 3.00. The van der Waals surface area contributed by atoms with E-state index in [-0.39, 0.29) is 24.8 Å². The summed E-state index contributed by atoms with van der Waals surface area (Å²) in [6.07, 6.45) is 0.582. The third-order valence-corrected chi connectivity index (χ3v) is 4.37. The number of carbonyl (C=O) groups is 3. The van der Waals surface area contributed by atoms with Gasteiger partial charge in [0.15, 0.2) is 0 Å². The molecule has 0 saturated carbocycles. The van der Waals surface area contributed by atoms with E-state index in [4.69, 9.17) is 4.74 Å². The molecule has 0 aromatic heterocycles. The summed E-state index contributed by atoms with van der Waals surface area (Å²) in [6, 6.07) is 8.39. The molecule has 0 spiro atoms. The van der Waals surface area contributed by atoms with E-state index in [0.29, 0.717) is 32.7 Å². The van der Waals surface area contributed by atoms with Crippen LogP contribution in [0, 0.1) is 0 Å². The number of hydrogen-bond acceptors (Lipinski definition) is 4. The van der Waals surface area contributed by atoms with Crippen LogP contribution >= 0.6 is 0 Å². The van der Waals surface area contributed by atoms with Gasteiger partial charge in [-0.1, -0.05) is 30.3 Å². The molecule has 1 aliphatic heterocycles. The van der Waals surface area contributed by atoms with E-state index in [0.717, 1.165) is 5.56 Å². The number of carbonyl (C=O) groups excluding carboxylic acids is 3. The van der Waals surface area contributed by atoms with Gasteiger partial charge in [0.25, 0.3) is 0 Å². The number of urea groups is 1. The van der Waals surface area contributed by atoms with Crippen molar-refractivity contribution in [2.24, 2.45) is 0 Å². The molecule has 0 bridgehead atoms. The molecule has 3 N–H and O–H groups in total. The second kappa shape index (κ2) is 10.8. The summed E-state index contributed by atoms with van der Waals surface area (Å²) in [5.41, 5.74) is 0.518. The lowest BCUT2D eigenvalue weighted by Gasteiger charge is -2.30. The van der Waals surface area contributed by atoms with Crippen molar-refractivity contribution >= 4 is 17.8 Å². The summed E-state index contributed by atoms with van der Waals surface area (Å²) >= 11 is 0. The van der Waals surface area contributed by atoms with E-state index < -0.39 is 17.6 Å². The molecular weight excluding hydrogens is 372 g/mol. The first-order chi connectivity index (χ1) is 13.7. The molecule has 1 heterocycles. The molecule has 1 aliphatic rings. The lowest BCUT2D eigenvalue weighted by molar-refractivity contribution is -0.135. The second-order valence-electron chi connectivity index (χ2n) is 8.13. The summed E-state index contributed by atoms with van der Waals surface area (Å²) < 4.78 is 5.48. The first kappa shape index (κ1) is 22.7. The minimum absolute atomic E-state index is 0.119. The van der Waals surface area contributed by atoms with Gasteiger partial charge in [0.2, 0.25) is 11.8 Å². The summed E-state index contributed by atoms with van der Waals surface area (Å²) in [7, 11) is 0. The highest BCUT2D eigenvalue weighted by Crippen LogP contribution is 2.08. The third-order valence-electron chi connectivity index (χ3n) is 4.37. The van der Waals surface area contributed by atoms with Crippen LogP contribution in [-0.4, -0.2) is 67.2 Å². The molecule has 4 amide bonds. The van der Waals surface area contributed by atoms with Crippen LogP contribution in [0.15, 0.2) is 30.3 Å². The Balaban J connectivity index is 2.14. The van der Waals surface area contributed by atoms with Crippen molar-refractivity contribution in [3.8, 4) is 0 Å². The highest BCUT2D eigenvalue weighted by atomic mass is 16.5. The molecule has 160 valence electrons. The van der Waals surface area contributed by atoms with Crippen LogP contribution in [0.1, 0.15) is 32.8 Å². The molecule has 1 aromatic rings. The first-order valence-corrected chi connectivity index (χ1v) is 10.0. The zero-order valence-electron chi connectivity index (χ0n) is 17.5. The van der Waals surface area contributed by atoms with Crippen LogP contribution in [0.25, 0.3) is 0 Å². The maximum atomic E-state index is 13.3. The van der Waals surface area contributed by atoms with Gasteiger partial charge in [0.1, 0.15) is 6.04 Å². The zero-order valence-corrected chi connectivity index (χ0v) is 17.5. The Labute approximate surface area is 172 Å². The van der Waals surface area contributed by atoms with E-state index in [9.17, 15) is 14.4 Å². The van der Waals surface area contributed by atoms with Gasteiger partial charge in [0, 0.05) is 38.0 Å². The van der Waals surface area contributed by atoms with Crippen molar-refractivity contribution < 1.29 is 19.1 Å². The maximum Gasteiger partial charge on any atom is 0.315 e. The van der Waals surface area contributed by atoms with E-state index in [2.05, 4.69) is 16.0 Å².